The van der Waals surface area contributed by atoms with Crippen molar-refractivity contribution >= 4 is 26.2 Å². The molecule has 0 heterocycles. The molecule has 11 heteroatoms. The van der Waals surface area contributed by atoms with E-state index in [0.717, 1.165) is 18.6 Å². The normalized spacial score (nSPS) is 11.0. The molecule has 0 radical (unpaired) electrons. The van der Waals surface area contributed by atoms with Gasteiger partial charge in [0, 0.05) is 6.08 Å². The number of carbonyl (C=O) groups is 1. The van der Waals surface area contributed by atoms with Gasteiger partial charge in [-0.25, -0.2) is 4.79 Å². The first-order valence-electron chi connectivity index (χ1n) is 6.18. The van der Waals surface area contributed by atoms with Gasteiger partial charge in [0.05, 0.1) is 32.3 Å². The van der Waals surface area contributed by atoms with Crippen molar-refractivity contribution in [1.29, 1.82) is 0 Å². The maximum Gasteiger partial charge on any atom is 0.330 e. The maximum atomic E-state index is 10.4. The van der Waals surface area contributed by atoms with Crippen LogP contribution in [0, 0.1) is 0 Å². The fraction of sp³-hybridized carbons (Fsp3) is 0.583. The van der Waals surface area contributed by atoms with E-state index in [1.165, 1.54) is 0 Å². The Bertz CT molecular complexity index is 549. The van der Waals surface area contributed by atoms with Gasteiger partial charge in [-0.15, -0.1) is 6.58 Å². The molecule has 0 aromatic rings. The van der Waals surface area contributed by atoms with Gasteiger partial charge in [0.1, 0.15) is 13.2 Å². The van der Waals surface area contributed by atoms with Crippen LogP contribution in [0.15, 0.2) is 25.3 Å². The van der Waals surface area contributed by atoms with Gasteiger partial charge in [-0.2, -0.15) is 16.8 Å². The smallest absolute Gasteiger partial charge is 0.330 e. The third-order valence-corrected chi connectivity index (χ3v) is 2.74. The van der Waals surface area contributed by atoms with Gasteiger partial charge in [-0.3, -0.25) is 8.37 Å². The Balaban J connectivity index is 0. The second kappa shape index (κ2) is 13.2. The predicted molar refractivity (Wildman–Crippen MR) is 83.8 cm³/mol. The summed E-state index contributed by atoms with van der Waals surface area (Å²) in [5.74, 6) is -0.605. The number of hydrogen-bond acceptors (Lipinski definition) is 9. The molecule has 0 spiro atoms. The number of esters is 1. The van der Waals surface area contributed by atoms with Crippen LogP contribution in [0.2, 0.25) is 0 Å². The SMILES string of the molecule is C=CC(=O)OCCOS(C)(=O)=O.C=CCOCCOS(C)(=O)=O. The molecule has 0 amide bonds. The zero-order chi connectivity index (χ0) is 18.4. The van der Waals surface area contributed by atoms with Crippen molar-refractivity contribution in [2.75, 3.05) is 45.5 Å². The Morgan fingerprint density at radius 2 is 1.39 bits per heavy atom. The van der Waals surface area contributed by atoms with Gasteiger partial charge in [0.25, 0.3) is 20.2 Å². The average Bonchev–Trinajstić information content (AvgIpc) is 2.41. The molecule has 0 aliphatic heterocycles. The summed E-state index contributed by atoms with van der Waals surface area (Å²) in [6, 6.07) is 0. The van der Waals surface area contributed by atoms with E-state index in [9.17, 15) is 21.6 Å². The van der Waals surface area contributed by atoms with E-state index < -0.39 is 26.2 Å². The molecule has 0 aromatic heterocycles. The second-order valence-electron chi connectivity index (χ2n) is 3.79. The van der Waals surface area contributed by atoms with Crippen molar-refractivity contribution in [2.45, 2.75) is 0 Å². The standard InChI is InChI=1S/C6H10O5S.C6H12O4S/c1-3-6(7)10-4-5-11-12(2,8)9;1-3-4-9-5-6-10-11(2,7)8/h3H,1,4-5H2,2H3;3H,1,4-6H2,2H3. The summed E-state index contributed by atoms with van der Waals surface area (Å²) in [4.78, 5) is 10.4. The van der Waals surface area contributed by atoms with E-state index in [-0.39, 0.29) is 26.4 Å². The van der Waals surface area contributed by atoms with Gasteiger partial charge in [-0.1, -0.05) is 12.7 Å². The highest BCUT2D eigenvalue weighted by molar-refractivity contribution is 7.86. The molecule has 9 nitrogen and oxygen atoms in total. The monoisotopic (exact) mass is 374 g/mol. The lowest BCUT2D eigenvalue weighted by atomic mass is 10.6. The zero-order valence-corrected chi connectivity index (χ0v) is 14.7. The molecular formula is C12H22O9S2. The average molecular weight is 374 g/mol. The number of carbonyl (C=O) groups excluding carboxylic acids is 1. The third-order valence-electron chi connectivity index (χ3n) is 1.55. The van der Waals surface area contributed by atoms with Gasteiger partial charge in [-0.05, 0) is 0 Å². The van der Waals surface area contributed by atoms with E-state index >= 15 is 0 Å². The lowest BCUT2D eigenvalue weighted by molar-refractivity contribution is -0.138. The Hall–Kier alpha value is -1.27. The minimum absolute atomic E-state index is 0.0622. The number of rotatable bonds is 11. The van der Waals surface area contributed by atoms with E-state index in [2.05, 4.69) is 26.3 Å². The topological polar surface area (TPSA) is 122 Å². The van der Waals surface area contributed by atoms with Crippen LogP contribution in [0.3, 0.4) is 0 Å². The molecule has 0 saturated carbocycles. The molecule has 136 valence electrons. The van der Waals surface area contributed by atoms with Crippen LogP contribution < -0.4 is 0 Å². The number of hydrogen-bond donors (Lipinski definition) is 0. The first-order chi connectivity index (χ1) is 10.5. The Morgan fingerprint density at radius 1 is 0.913 bits per heavy atom. The third kappa shape index (κ3) is 26.0. The summed E-state index contributed by atoms with van der Waals surface area (Å²) in [5.41, 5.74) is 0. The molecular weight excluding hydrogens is 352 g/mol. The fourth-order valence-corrected chi connectivity index (χ4v) is 1.54. The predicted octanol–water partition coefficient (Wildman–Crippen LogP) is -0.143. The van der Waals surface area contributed by atoms with Crippen molar-refractivity contribution in [3.63, 3.8) is 0 Å². The first kappa shape index (κ1) is 24.0. The van der Waals surface area contributed by atoms with Gasteiger partial charge in [0.15, 0.2) is 0 Å². The van der Waals surface area contributed by atoms with Crippen LogP contribution in [0.25, 0.3) is 0 Å². The van der Waals surface area contributed by atoms with Crippen molar-refractivity contribution in [3.8, 4) is 0 Å². The van der Waals surface area contributed by atoms with E-state index in [1.807, 2.05) is 0 Å². The largest absolute Gasteiger partial charge is 0.460 e. The lowest BCUT2D eigenvalue weighted by Gasteiger charge is -2.00. The Kier molecular flexibility index (Phi) is 13.8. The lowest BCUT2D eigenvalue weighted by Crippen LogP contribution is -2.11. The summed E-state index contributed by atoms with van der Waals surface area (Å²) < 4.78 is 59.4. The summed E-state index contributed by atoms with van der Waals surface area (Å²) in [6.07, 6.45) is 4.49. The van der Waals surface area contributed by atoms with Crippen molar-refractivity contribution in [1.82, 2.24) is 0 Å². The minimum atomic E-state index is -3.45. The minimum Gasteiger partial charge on any atom is -0.460 e. The Morgan fingerprint density at radius 3 is 1.78 bits per heavy atom. The summed E-state index contributed by atoms with van der Waals surface area (Å²) >= 11 is 0. The highest BCUT2D eigenvalue weighted by Crippen LogP contribution is 1.87. The van der Waals surface area contributed by atoms with Gasteiger partial charge >= 0.3 is 5.97 Å². The van der Waals surface area contributed by atoms with Crippen molar-refractivity contribution < 1.29 is 39.5 Å². The van der Waals surface area contributed by atoms with Crippen LogP contribution in [-0.4, -0.2) is 68.4 Å². The summed E-state index contributed by atoms with van der Waals surface area (Å²) in [5, 5.41) is 0. The van der Waals surface area contributed by atoms with E-state index in [0.29, 0.717) is 6.61 Å². The molecule has 0 saturated heterocycles. The van der Waals surface area contributed by atoms with E-state index in [4.69, 9.17) is 4.74 Å². The highest BCUT2D eigenvalue weighted by Gasteiger charge is 2.01. The summed E-state index contributed by atoms with van der Waals surface area (Å²) in [7, 11) is -6.76. The van der Waals surface area contributed by atoms with Crippen LogP contribution >= 0.6 is 0 Å². The van der Waals surface area contributed by atoms with Crippen LogP contribution in [-0.2, 0) is 42.9 Å². The molecule has 0 atom stereocenters. The molecule has 0 bridgehead atoms. The zero-order valence-electron chi connectivity index (χ0n) is 13.1. The van der Waals surface area contributed by atoms with E-state index in [1.54, 1.807) is 6.08 Å². The maximum absolute atomic E-state index is 10.4. The first-order valence-corrected chi connectivity index (χ1v) is 9.81. The summed E-state index contributed by atoms with van der Waals surface area (Å²) in [6.45, 7) is 7.04. The van der Waals surface area contributed by atoms with Crippen LogP contribution in [0.4, 0.5) is 0 Å². The molecule has 0 aliphatic rings. The van der Waals surface area contributed by atoms with Crippen molar-refractivity contribution in [2.24, 2.45) is 0 Å². The van der Waals surface area contributed by atoms with Crippen molar-refractivity contribution in [3.05, 3.63) is 25.3 Å². The molecule has 0 unspecified atom stereocenters. The van der Waals surface area contributed by atoms with Crippen LogP contribution in [0.1, 0.15) is 0 Å². The quantitative estimate of drug-likeness (QED) is 0.160. The van der Waals surface area contributed by atoms with Gasteiger partial charge in [0.2, 0.25) is 0 Å². The fourth-order valence-electron chi connectivity index (χ4n) is 0.798. The molecule has 0 aromatic carbocycles. The highest BCUT2D eigenvalue weighted by atomic mass is 32.2. The molecule has 0 fully saturated rings. The van der Waals surface area contributed by atoms with Crippen LogP contribution in [0.5, 0.6) is 0 Å². The Labute approximate surface area is 137 Å². The molecule has 23 heavy (non-hydrogen) atoms. The molecule has 0 aliphatic carbocycles. The second-order valence-corrected chi connectivity index (χ2v) is 7.08. The number of ether oxygens (including phenoxy) is 2. The molecule has 0 N–H and O–H groups in total. The van der Waals surface area contributed by atoms with Gasteiger partial charge < -0.3 is 9.47 Å². The molecule has 0 rings (SSSR count).